The van der Waals surface area contributed by atoms with Gasteiger partial charge in [0.1, 0.15) is 12.3 Å². The lowest BCUT2D eigenvalue weighted by molar-refractivity contribution is -0.166. The van der Waals surface area contributed by atoms with E-state index in [2.05, 4.69) is 42.2 Å². The topological polar surface area (TPSA) is 65.6 Å². The Labute approximate surface area is 216 Å². The molecule has 0 bridgehead atoms. The van der Waals surface area contributed by atoms with Crippen LogP contribution >= 0.6 is 0 Å². The first-order valence-electron chi connectivity index (χ1n) is 12.9. The smallest absolute Gasteiger partial charge is 0.255 e. The fourth-order valence-corrected chi connectivity index (χ4v) is 6.04. The number of benzene rings is 3. The maximum absolute atomic E-state index is 14.2. The zero-order valence-corrected chi connectivity index (χ0v) is 21.5. The number of para-hydroxylation sites is 1. The van der Waals surface area contributed by atoms with Crippen LogP contribution in [0.5, 0.6) is 5.75 Å². The molecule has 1 N–H and O–H groups in total. The molecule has 0 radical (unpaired) electrons. The van der Waals surface area contributed by atoms with Gasteiger partial charge in [-0.1, -0.05) is 61.5 Å². The number of ether oxygens (including phenoxy) is 1. The van der Waals surface area contributed by atoms with Gasteiger partial charge in [0.15, 0.2) is 5.54 Å². The molecule has 2 atom stereocenters. The van der Waals surface area contributed by atoms with E-state index in [0.29, 0.717) is 13.1 Å². The number of rotatable bonds is 5. The van der Waals surface area contributed by atoms with E-state index in [4.69, 9.17) is 4.74 Å². The predicted octanol–water partition coefficient (Wildman–Crippen LogP) is 4.97. The molecule has 2 aliphatic rings. The van der Waals surface area contributed by atoms with Gasteiger partial charge in [-0.05, 0) is 53.8 Å². The van der Waals surface area contributed by atoms with Crippen LogP contribution in [0.2, 0.25) is 0 Å². The average molecular weight is 494 g/mol. The summed E-state index contributed by atoms with van der Waals surface area (Å²) < 4.78 is 5.27. The number of nitrogens with zero attached hydrogens (tertiary/aromatic N) is 2. The minimum Gasteiger partial charge on any atom is -0.497 e. The number of aromatic nitrogens is 1. The summed E-state index contributed by atoms with van der Waals surface area (Å²) in [7, 11) is 1.63. The SMILES string of the molecule is CCc1ccc([C@H]2CN3C(=O)CN(Cc4ccc(OC)cc4)C(=O)[C@]3(C)c3[nH]c4ccccc4c32)cc1. The largest absolute Gasteiger partial charge is 0.497 e. The Morgan fingerprint density at radius 2 is 1.68 bits per heavy atom. The molecule has 4 aromatic rings. The highest BCUT2D eigenvalue weighted by Gasteiger charge is 2.56. The Bertz CT molecular complexity index is 1490. The lowest BCUT2D eigenvalue weighted by Crippen LogP contribution is -2.67. The molecule has 3 heterocycles. The number of H-pyrrole nitrogens is 1. The normalized spacial score (nSPS) is 21.2. The van der Waals surface area contributed by atoms with E-state index in [1.165, 1.54) is 5.56 Å². The van der Waals surface area contributed by atoms with Gasteiger partial charge in [0.2, 0.25) is 5.91 Å². The fraction of sp³-hybridized carbons (Fsp3) is 0.290. The molecule has 1 saturated heterocycles. The van der Waals surface area contributed by atoms with Gasteiger partial charge in [-0.25, -0.2) is 0 Å². The number of piperazine rings is 1. The number of hydrogen-bond acceptors (Lipinski definition) is 3. The number of nitrogens with one attached hydrogen (secondary N) is 1. The van der Waals surface area contributed by atoms with Crippen LogP contribution in [-0.2, 0) is 28.1 Å². The first kappa shape index (κ1) is 23.3. The quantitative estimate of drug-likeness (QED) is 0.427. The third-order valence-corrected chi connectivity index (χ3v) is 8.14. The van der Waals surface area contributed by atoms with E-state index in [1.54, 1.807) is 16.9 Å². The van der Waals surface area contributed by atoms with Gasteiger partial charge in [0, 0.05) is 29.9 Å². The monoisotopic (exact) mass is 493 g/mol. The summed E-state index contributed by atoms with van der Waals surface area (Å²) >= 11 is 0. The Kier molecular flexibility index (Phi) is 5.55. The van der Waals surface area contributed by atoms with Crippen molar-refractivity contribution >= 4 is 22.7 Å². The molecule has 188 valence electrons. The van der Waals surface area contributed by atoms with Crippen molar-refractivity contribution in [2.75, 3.05) is 20.2 Å². The summed E-state index contributed by atoms with van der Waals surface area (Å²) in [6.45, 7) is 4.96. The van der Waals surface area contributed by atoms with Crippen molar-refractivity contribution in [3.05, 3.63) is 101 Å². The minimum absolute atomic E-state index is 0.0185. The van der Waals surface area contributed by atoms with Gasteiger partial charge in [0.05, 0.1) is 12.8 Å². The Morgan fingerprint density at radius 3 is 2.38 bits per heavy atom. The molecule has 6 heteroatoms. The van der Waals surface area contributed by atoms with Crippen molar-refractivity contribution in [2.24, 2.45) is 0 Å². The molecular weight excluding hydrogens is 462 g/mol. The summed E-state index contributed by atoms with van der Waals surface area (Å²) in [5, 5.41) is 1.11. The first-order valence-corrected chi connectivity index (χ1v) is 12.9. The van der Waals surface area contributed by atoms with Gasteiger partial charge in [-0.15, -0.1) is 0 Å². The average Bonchev–Trinajstić information content (AvgIpc) is 3.33. The summed E-state index contributed by atoms with van der Waals surface area (Å²) in [4.78, 5) is 34.9. The molecule has 2 aliphatic heterocycles. The van der Waals surface area contributed by atoms with E-state index in [9.17, 15) is 9.59 Å². The zero-order valence-electron chi connectivity index (χ0n) is 21.5. The summed E-state index contributed by atoms with van der Waals surface area (Å²) in [6, 6.07) is 24.5. The van der Waals surface area contributed by atoms with Crippen LogP contribution < -0.4 is 4.74 Å². The third kappa shape index (κ3) is 3.62. The number of amides is 2. The molecule has 6 nitrogen and oxygen atoms in total. The fourth-order valence-electron chi connectivity index (χ4n) is 6.04. The first-order chi connectivity index (χ1) is 17.9. The molecule has 3 aromatic carbocycles. The third-order valence-electron chi connectivity index (χ3n) is 8.14. The van der Waals surface area contributed by atoms with E-state index < -0.39 is 5.54 Å². The highest BCUT2D eigenvalue weighted by atomic mass is 16.5. The molecule has 0 saturated carbocycles. The number of aromatic amines is 1. The second kappa shape index (κ2) is 8.80. The zero-order chi connectivity index (χ0) is 25.7. The summed E-state index contributed by atoms with van der Waals surface area (Å²) in [5.41, 5.74) is 5.22. The molecular formula is C31H31N3O3. The predicted molar refractivity (Wildman–Crippen MR) is 143 cm³/mol. The number of aryl methyl sites for hydroxylation is 1. The van der Waals surface area contributed by atoms with Gasteiger partial charge < -0.3 is 19.5 Å². The Hall–Kier alpha value is -4.06. The molecule has 1 aromatic heterocycles. The molecule has 2 amide bonds. The second-order valence-electron chi connectivity index (χ2n) is 10.2. The standard InChI is InChI=1S/C31H31N3O3/c1-4-20-9-13-22(14-10-20)25-18-34-27(35)19-33(17-21-11-15-23(37-3)16-12-21)30(36)31(34,2)29-28(25)24-7-5-6-8-26(24)32-29/h5-16,25,32H,4,17-19H2,1-3H3/t25-,31+/m1/s1. The minimum atomic E-state index is -1.10. The molecule has 37 heavy (non-hydrogen) atoms. The van der Waals surface area contributed by atoms with E-state index >= 15 is 0 Å². The highest BCUT2D eigenvalue weighted by molar-refractivity contribution is 6.01. The van der Waals surface area contributed by atoms with Gasteiger partial charge in [-0.3, -0.25) is 9.59 Å². The number of hydrogen-bond donors (Lipinski definition) is 1. The van der Waals surface area contributed by atoms with Gasteiger partial charge in [0.25, 0.3) is 5.91 Å². The number of carbonyl (C=O) groups excluding carboxylic acids is 2. The maximum Gasteiger partial charge on any atom is 0.255 e. The molecule has 0 spiro atoms. The summed E-state index contributed by atoms with van der Waals surface area (Å²) in [5.74, 6) is 0.650. The van der Waals surface area contributed by atoms with Crippen molar-refractivity contribution in [1.29, 1.82) is 0 Å². The van der Waals surface area contributed by atoms with Crippen molar-refractivity contribution in [3.8, 4) is 5.75 Å². The number of methoxy groups -OCH3 is 1. The summed E-state index contributed by atoms with van der Waals surface area (Å²) in [6.07, 6.45) is 0.977. The molecule has 0 aliphatic carbocycles. The van der Waals surface area contributed by atoms with Crippen LogP contribution in [-0.4, -0.2) is 46.8 Å². The van der Waals surface area contributed by atoms with Crippen molar-refractivity contribution in [3.63, 3.8) is 0 Å². The van der Waals surface area contributed by atoms with Crippen molar-refractivity contribution in [1.82, 2.24) is 14.8 Å². The molecule has 0 unspecified atom stereocenters. The van der Waals surface area contributed by atoms with Crippen LogP contribution in [0.3, 0.4) is 0 Å². The van der Waals surface area contributed by atoms with Crippen molar-refractivity contribution in [2.45, 2.75) is 38.3 Å². The van der Waals surface area contributed by atoms with E-state index in [0.717, 1.165) is 45.5 Å². The Balaban J connectivity index is 1.45. The van der Waals surface area contributed by atoms with Crippen LogP contribution in [0.1, 0.15) is 47.7 Å². The van der Waals surface area contributed by atoms with Crippen LogP contribution in [0.4, 0.5) is 0 Å². The van der Waals surface area contributed by atoms with Crippen LogP contribution in [0, 0.1) is 0 Å². The van der Waals surface area contributed by atoms with Crippen LogP contribution in [0.15, 0.2) is 72.8 Å². The highest BCUT2D eigenvalue weighted by Crippen LogP contribution is 2.48. The molecule has 1 fully saturated rings. The second-order valence-corrected chi connectivity index (χ2v) is 10.2. The number of fused-ring (bicyclic) bond motifs is 5. The lowest BCUT2D eigenvalue weighted by Gasteiger charge is -2.51. The van der Waals surface area contributed by atoms with Crippen molar-refractivity contribution < 1.29 is 14.3 Å². The molecule has 6 rings (SSSR count). The lowest BCUT2D eigenvalue weighted by atomic mass is 9.76. The number of carbonyl (C=O) groups is 2. The van der Waals surface area contributed by atoms with Crippen LogP contribution in [0.25, 0.3) is 10.9 Å². The van der Waals surface area contributed by atoms with Gasteiger partial charge in [-0.2, -0.15) is 0 Å². The maximum atomic E-state index is 14.2. The van der Waals surface area contributed by atoms with E-state index in [1.807, 2.05) is 49.4 Å². The van der Waals surface area contributed by atoms with E-state index in [-0.39, 0.29) is 24.3 Å². The van der Waals surface area contributed by atoms with Gasteiger partial charge >= 0.3 is 0 Å². The Morgan fingerprint density at radius 1 is 0.973 bits per heavy atom.